The molecule has 2 aliphatic rings. The number of esters is 1. The van der Waals surface area contributed by atoms with E-state index >= 15 is 0 Å². The van der Waals surface area contributed by atoms with E-state index in [0.717, 1.165) is 32.5 Å². The zero-order valence-electron chi connectivity index (χ0n) is 20.3. The Morgan fingerprint density at radius 2 is 1.78 bits per heavy atom. The van der Waals surface area contributed by atoms with Crippen molar-refractivity contribution in [1.29, 1.82) is 0 Å². The summed E-state index contributed by atoms with van der Waals surface area (Å²) in [6.07, 6.45) is 1.46. The lowest BCUT2D eigenvalue weighted by Gasteiger charge is -2.40. The van der Waals surface area contributed by atoms with Crippen LogP contribution in [0.5, 0.6) is 0 Å². The number of aliphatic imine (C=N–C) groups is 1. The average molecular weight is 547 g/mol. The van der Waals surface area contributed by atoms with Gasteiger partial charge in [0.25, 0.3) is 0 Å². The van der Waals surface area contributed by atoms with Gasteiger partial charge in [-0.05, 0) is 49.2 Å². The molecule has 2 heterocycles. The fourth-order valence-corrected chi connectivity index (χ4v) is 5.61. The number of thiocarbonyl (C=S) groups is 1. The highest BCUT2D eigenvalue weighted by Gasteiger charge is 2.45. The van der Waals surface area contributed by atoms with Crippen molar-refractivity contribution >= 4 is 58.1 Å². The third-order valence-corrected chi connectivity index (χ3v) is 7.84. The summed E-state index contributed by atoms with van der Waals surface area (Å²) in [5.74, 6) is -1.52. The van der Waals surface area contributed by atoms with Crippen LogP contribution in [0.15, 0.2) is 53.5 Å². The summed E-state index contributed by atoms with van der Waals surface area (Å²) < 4.78 is 6.01. The van der Waals surface area contributed by atoms with E-state index in [1.165, 1.54) is 10.5 Å². The molecule has 190 valence electrons. The molecule has 36 heavy (non-hydrogen) atoms. The SMILES string of the molecule is CCC(=O)N1C(=S)N=C(C)C(C(=O)OC2CCN(Cc3ccccc3)CC2)C1c1cccc(Cl)c1Cl. The van der Waals surface area contributed by atoms with Crippen LogP contribution in [0.3, 0.4) is 0 Å². The van der Waals surface area contributed by atoms with E-state index in [1.54, 1.807) is 32.0 Å². The minimum absolute atomic E-state index is 0.110. The molecule has 2 aliphatic heterocycles. The van der Waals surface area contributed by atoms with Crippen molar-refractivity contribution in [3.05, 3.63) is 69.7 Å². The van der Waals surface area contributed by atoms with E-state index in [0.29, 0.717) is 16.3 Å². The smallest absolute Gasteiger partial charge is 0.317 e. The zero-order valence-corrected chi connectivity index (χ0v) is 22.7. The first kappa shape index (κ1) is 26.7. The predicted molar refractivity (Wildman–Crippen MR) is 146 cm³/mol. The second-order valence-corrected chi connectivity index (χ2v) is 10.3. The van der Waals surface area contributed by atoms with Gasteiger partial charge in [-0.3, -0.25) is 19.4 Å². The van der Waals surface area contributed by atoms with Gasteiger partial charge in [0.15, 0.2) is 0 Å². The number of amides is 1. The third kappa shape index (κ3) is 5.80. The van der Waals surface area contributed by atoms with Gasteiger partial charge < -0.3 is 4.74 Å². The van der Waals surface area contributed by atoms with Gasteiger partial charge >= 0.3 is 5.97 Å². The fourth-order valence-electron chi connectivity index (χ4n) is 4.83. The molecule has 6 nitrogen and oxygen atoms in total. The first-order valence-electron chi connectivity index (χ1n) is 12.1. The highest BCUT2D eigenvalue weighted by atomic mass is 35.5. The number of carbonyl (C=O) groups is 2. The Morgan fingerprint density at radius 3 is 2.44 bits per heavy atom. The number of halogens is 2. The largest absolute Gasteiger partial charge is 0.462 e. The van der Waals surface area contributed by atoms with Crippen LogP contribution in [-0.4, -0.2) is 51.7 Å². The van der Waals surface area contributed by atoms with Gasteiger partial charge in [-0.25, -0.2) is 4.99 Å². The summed E-state index contributed by atoms with van der Waals surface area (Å²) >= 11 is 18.3. The lowest BCUT2D eigenvalue weighted by Crippen LogP contribution is -2.50. The van der Waals surface area contributed by atoms with Crippen LogP contribution in [0.25, 0.3) is 0 Å². The van der Waals surface area contributed by atoms with Gasteiger partial charge in [0, 0.05) is 31.8 Å². The maximum Gasteiger partial charge on any atom is 0.317 e. The average Bonchev–Trinajstić information content (AvgIpc) is 2.86. The Bertz CT molecular complexity index is 1170. The third-order valence-electron chi connectivity index (χ3n) is 6.71. The molecule has 0 bridgehead atoms. The van der Waals surface area contributed by atoms with E-state index in [1.807, 2.05) is 18.2 Å². The van der Waals surface area contributed by atoms with Crippen LogP contribution in [0.1, 0.15) is 50.3 Å². The topological polar surface area (TPSA) is 62.2 Å². The van der Waals surface area contributed by atoms with Crippen molar-refractivity contribution < 1.29 is 14.3 Å². The number of benzene rings is 2. The van der Waals surface area contributed by atoms with Crippen molar-refractivity contribution in [2.75, 3.05) is 13.1 Å². The van der Waals surface area contributed by atoms with Gasteiger partial charge in [0.1, 0.15) is 12.0 Å². The molecule has 0 spiro atoms. The highest BCUT2D eigenvalue weighted by Crippen LogP contribution is 2.41. The number of nitrogens with zero attached hydrogens (tertiary/aromatic N) is 3. The van der Waals surface area contributed by atoms with Gasteiger partial charge in [-0.1, -0.05) is 72.6 Å². The van der Waals surface area contributed by atoms with Crippen LogP contribution in [0, 0.1) is 5.92 Å². The van der Waals surface area contributed by atoms with Crippen LogP contribution in [-0.2, 0) is 20.9 Å². The Labute approximate surface area is 227 Å². The number of rotatable bonds is 6. The van der Waals surface area contributed by atoms with Crippen LogP contribution >= 0.6 is 35.4 Å². The minimum Gasteiger partial charge on any atom is -0.462 e. The lowest BCUT2D eigenvalue weighted by atomic mass is 9.86. The van der Waals surface area contributed by atoms with E-state index in [4.69, 9.17) is 40.2 Å². The normalized spacial score (nSPS) is 21.3. The molecule has 2 atom stereocenters. The molecule has 1 saturated heterocycles. The molecule has 0 saturated carbocycles. The number of ether oxygens (including phenoxy) is 1. The standard InChI is InChI=1S/C27H29Cl2N3O3S/c1-3-22(33)32-25(20-10-7-11-21(28)24(20)29)23(17(2)30-27(32)36)26(34)35-19-12-14-31(15-13-19)16-18-8-5-4-6-9-18/h4-11,19,23,25H,3,12-16H2,1-2H3. The number of hydrogen-bond donors (Lipinski definition) is 0. The van der Waals surface area contributed by atoms with Crippen molar-refractivity contribution in [3.8, 4) is 0 Å². The molecule has 0 radical (unpaired) electrons. The molecule has 0 N–H and O–H groups in total. The van der Waals surface area contributed by atoms with Gasteiger partial charge in [0.2, 0.25) is 11.0 Å². The maximum absolute atomic E-state index is 13.6. The number of carbonyl (C=O) groups excluding carboxylic acids is 2. The number of piperidine rings is 1. The van der Waals surface area contributed by atoms with Crippen molar-refractivity contribution in [2.24, 2.45) is 10.9 Å². The van der Waals surface area contributed by atoms with Gasteiger partial charge in [-0.15, -0.1) is 0 Å². The monoisotopic (exact) mass is 545 g/mol. The quantitative estimate of drug-likeness (QED) is 0.336. The second kappa shape index (κ2) is 11.8. The Balaban J connectivity index is 1.53. The van der Waals surface area contributed by atoms with Crippen molar-refractivity contribution in [1.82, 2.24) is 9.80 Å². The van der Waals surface area contributed by atoms with Crippen molar-refractivity contribution in [3.63, 3.8) is 0 Å². The van der Waals surface area contributed by atoms with E-state index in [-0.39, 0.29) is 28.6 Å². The van der Waals surface area contributed by atoms with Crippen LogP contribution < -0.4 is 0 Å². The predicted octanol–water partition coefficient (Wildman–Crippen LogP) is 5.86. The summed E-state index contributed by atoms with van der Waals surface area (Å²) in [4.78, 5) is 34.7. The summed E-state index contributed by atoms with van der Waals surface area (Å²) in [5.41, 5.74) is 2.30. The first-order valence-corrected chi connectivity index (χ1v) is 13.3. The Hall–Kier alpha value is -2.32. The van der Waals surface area contributed by atoms with Crippen LogP contribution in [0.4, 0.5) is 0 Å². The molecule has 2 unspecified atom stereocenters. The molecular formula is C27H29Cl2N3O3S. The molecular weight excluding hydrogens is 517 g/mol. The highest BCUT2D eigenvalue weighted by molar-refractivity contribution is 7.80. The van der Waals surface area contributed by atoms with E-state index in [2.05, 4.69) is 22.0 Å². The first-order chi connectivity index (χ1) is 17.3. The maximum atomic E-state index is 13.6. The fraction of sp³-hybridized carbons (Fsp3) is 0.407. The lowest BCUT2D eigenvalue weighted by molar-refractivity contribution is -0.156. The minimum atomic E-state index is -0.842. The molecule has 4 rings (SSSR count). The molecule has 0 aromatic heterocycles. The van der Waals surface area contributed by atoms with Crippen molar-refractivity contribution in [2.45, 2.75) is 51.8 Å². The Kier molecular flexibility index (Phi) is 8.78. The molecule has 9 heteroatoms. The molecule has 1 amide bonds. The molecule has 1 fully saturated rings. The number of hydrogen-bond acceptors (Lipinski definition) is 5. The van der Waals surface area contributed by atoms with E-state index < -0.39 is 17.9 Å². The summed E-state index contributed by atoms with van der Waals surface area (Å²) in [7, 11) is 0. The van der Waals surface area contributed by atoms with Crippen LogP contribution in [0.2, 0.25) is 10.0 Å². The summed E-state index contributed by atoms with van der Waals surface area (Å²) in [6.45, 7) is 6.01. The van der Waals surface area contributed by atoms with Gasteiger partial charge in [-0.2, -0.15) is 0 Å². The van der Waals surface area contributed by atoms with Gasteiger partial charge in [0.05, 0.1) is 16.1 Å². The summed E-state index contributed by atoms with van der Waals surface area (Å²) in [5, 5.41) is 0.725. The van der Waals surface area contributed by atoms with E-state index in [9.17, 15) is 9.59 Å². The Morgan fingerprint density at radius 1 is 1.08 bits per heavy atom. The zero-order chi connectivity index (χ0) is 25.8. The molecule has 2 aromatic rings. The molecule has 2 aromatic carbocycles. The second-order valence-electron chi connectivity index (χ2n) is 9.12. The summed E-state index contributed by atoms with van der Waals surface area (Å²) in [6, 6.07) is 14.7. The molecule has 0 aliphatic carbocycles. The number of likely N-dealkylation sites (tertiary alicyclic amines) is 1.